The zero-order valence-electron chi connectivity index (χ0n) is 16.8. The summed E-state index contributed by atoms with van der Waals surface area (Å²) in [5.41, 5.74) is 0.428. The Balaban J connectivity index is 1.75. The van der Waals surface area contributed by atoms with Crippen LogP contribution in [0.2, 0.25) is 0 Å². The van der Waals surface area contributed by atoms with Gasteiger partial charge in [0.05, 0.1) is 26.9 Å². The van der Waals surface area contributed by atoms with E-state index in [0.29, 0.717) is 34.6 Å². The molecule has 3 unspecified atom stereocenters. The molecule has 0 bridgehead atoms. The summed E-state index contributed by atoms with van der Waals surface area (Å²) in [6, 6.07) is 3.31. The molecule has 1 aliphatic heterocycles. The van der Waals surface area contributed by atoms with Crippen LogP contribution in [0.1, 0.15) is 43.0 Å². The molecule has 1 saturated carbocycles. The molecule has 2 fully saturated rings. The number of carbonyl (C=O) groups excluding carboxylic acids is 1. The molecule has 6 nitrogen and oxygen atoms in total. The highest BCUT2D eigenvalue weighted by Gasteiger charge is 2.39. The van der Waals surface area contributed by atoms with E-state index >= 15 is 0 Å². The third-order valence-electron chi connectivity index (χ3n) is 6.02. The number of fused-ring (bicyclic) bond motifs is 1. The van der Waals surface area contributed by atoms with Crippen LogP contribution < -0.4 is 14.2 Å². The van der Waals surface area contributed by atoms with Gasteiger partial charge in [0, 0.05) is 12.5 Å². The maximum Gasteiger partial charge on any atom is 0.338 e. The zero-order valence-corrected chi connectivity index (χ0v) is 16.8. The van der Waals surface area contributed by atoms with Gasteiger partial charge in [0.25, 0.3) is 0 Å². The lowest BCUT2D eigenvalue weighted by Gasteiger charge is -2.44. The summed E-state index contributed by atoms with van der Waals surface area (Å²) in [4.78, 5) is 15.4. The van der Waals surface area contributed by atoms with E-state index in [0.717, 1.165) is 38.9 Å². The molecule has 0 amide bonds. The Labute approximate surface area is 161 Å². The third kappa shape index (κ3) is 4.15. The van der Waals surface area contributed by atoms with Crippen molar-refractivity contribution in [2.45, 2.75) is 38.7 Å². The smallest absolute Gasteiger partial charge is 0.338 e. The summed E-state index contributed by atoms with van der Waals surface area (Å²) in [5.74, 6) is 2.17. The predicted molar refractivity (Wildman–Crippen MR) is 103 cm³/mol. The minimum absolute atomic E-state index is 0.00523. The molecule has 1 aliphatic carbocycles. The van der Waals surface area contributed by atoms with Crippen LogP contribution in [0.3, 0.4) is 0 Å². The predicted octanol–water partition coefficient (Wildman–Crippen LogP) is 3.38. The number of ether oxygens (including phenoxy) is 4. The van der Waals surface area contributed by atoms with Crippen LogP contribution in [0, 0.1) is 11.8 Å². The fraction of sp³-hybridized carbons (Fsp3) is 0.667. The number of likely N-dealkylation sites (tertiary alicyclic amines) is 1. The second-order valence-electron chi connectivity index (χ2n) is 7.39. The van der Waals surface area contributed by atoms with Crippen LogP contribution in [0.5, 0.6) is 17.2 Å². The molecular weight excluding hydrogens is 346 g/mol. The van der Waals surface area contributed by atoms with Gasteiger partial charge >= 0.3 is 5.97 Å². The van der Waals surface area contributed by atoms with Crippen LogP contribution in [-0.4, -0.2) is 57.9 Å². The van der Waals surface area contributed by atoms with Crippen molar-refractivity contribution in [1.82, 2.24) is 4.90 Å². The van der Waals surface area contributed by atoms with Crippen molar-refractivity contribution < 1.29 is 23.7 Å². The van der Waals surface area contributed by atoms with E-state index in [-0.39, 0.29) is 12.1 Å². The average molecular weight is 377 g/mol. The summed E-state index contributed by atoms with van der Waals surface area (Å²) in [6.07, 6.45) is 4.40. The Morgan fingerprint density at radius 2 is 1.78 bits per heavy atom. The quantitative estimate of drug-likeness (QED) is 0.709. The Morgan fingerprint density at radius 1 is 1.07 bits per heavy atom. The van der Waals surface area contributed by atoms with Crippen LogP contribution in [-0.2, 0) is 4.74 Å². The van der Waals surface area contributed by atoms with Gasteiger partial charge in [0.2, 0.25) is 5.75 Å². The molecule has 0 radical (unpaired) electrons. The minimum atomic E-state index is -0.321. The first-order valence-electron chi connectivity index (χ1n) is 9.84. The molecule has 1 heterocycles. The van der Waals surface area contributed by atoms with Gasteiger partial charge in [0.1, 0.15) is 6.10 Å². The standard InChI is InChI=1S/C21H31NO5/c1-5-22-10-9-16-14(13-22)7-6-8-17(16)27-21(23)15-11-18(24-2)20(26-4)19(12-15)25-3/h11-12,14,16-17H,5-10,13H2,1-4H3. The van der Waals surface area contributed by atoms with Gasteiger partial charge in [-0.25, -0.2) is 4.79 Å². The number of hydrogen-bond donors (Lipinski definition) is 0. The number of benzene rings is 1. The topological polar surface area (TPSA) is 57.2 Å². The van der Waals surface area contributed by atoms with Gasteiger partial charge in [-0.05, 0) is 56.8 Å². The zero-order chi connectivity index (χ0) is 19.4. The fourth-order valence-corrected chi connectivity index (χ4v) is 4.55. The largest absolute Gasteiger partial charge is 0.493 e. The first-order chi connectivity index (χ1) is 13.1. The lowest BCUT2D eigenvalue weighted by molar-refractivity contribution is -0.0377. The highest BCUT2D eigenvalue weighted by molar-refractivity contribution is 5.91. The minimum Gasteiger partial charge on any atom is -0.493 e. The van der Waals surface area contributed by atoms with Crippen LogP contribution >= 0.6 is 0 Å². The first kappa shape index (κ1) is 19.8. The van der Waals surface area contributed by atoms with E-state index in [4.69, 9.17) is 18.9 Å². The summed E-state index contributed by atoms with van der Waals surface area (Å²) in [5, 5.41) is 0. The van der Waals surface area contributed by atoms with E-state index in [1.165, 1.54) is 6.42 Å². The summed E-state index contributed by atoms with van der Waals surface area (Å²) < 4.78 is 22.0. The van der Waals surface area contributed by atoms with Gasteiger partial charge in [-0.3, -0.25) is 0 Å². The van der Waals surface area contributed by atoms with Gasteiger partial charge < -0.3 is 23.8 Å². The molecule has 6 heteroatoms. The van der Waals surface area contributed by atoms with E-state index in [1.807, 2.05) is 0 Å². The molecule has 3 atom stereocenters. The van der Waals surface area contributed by atoms with E-state index in [9.17, 15) is 4.79 Å². The number of rotatable bonds is 6. The molecule has 0 spiro atoms. The molecule has 0 aromatic heterocycles. The SMILES string of the molecule is CCN1CCC2C(CCCC2OC(=O)c2cc(OC)c(OC)c(OC)c2)C1. The number of esters is 1. The van der Waals surface area contributed by atoms with E-state index in [1.54, 1.807) is 33.5 Å². The summed E-state index contributed by atoms with van der Waals surface area (Å²) >= 11 is 0. The average Bonchev–Trinajstić information content (AvgIpc) is 2.72. The molecule has 1 aromatic carbocycles. The van der Waals surface area contributed by atoms with Crippen molar-refractivity contribution in [3.05, 3.63) is 17.7 Å². The fourth-order valence-electron chi connectivity index (χ4n) is 4.55. The number of piperidine rings is 1. The van der Waals surface area contributed by atoms with E-state index < -0.39 is 0 Å². The second-order valence-corrected chi connectivity index (χ2v) is 7.39. The van der Waals surface area contributed by atoms with Crippen LogP contribution in [0.4, 0.5) is 0 Å². The maximum atomic E-state index is 12.9. The van der Waals surface area contributed by atoms with Crippen molar-refractivity contribution in [1.29, 1.82) is 0 Å². The normalized spacial score (nSPS) is 25.4. The molecule has 1 aromatic rings. The van der Waals surface area contributed by atoms with Crippen molar-refractivity contribution >= 4 is 5.97 Å². The molecule has 2 aliphatic rings. The van der Waals surface area contributed by atoms with Crippen molar-refractivity contribution in [2.75, 3.05) is 41.0 Å². The van der Waals surface area contributed by atoms with Crippen molar-refractivity contribution in [3.8, 4) is 17.2 Å². The molecule has 0 N–H and O–H groups in total. The van der Waals surface area contributed by atoms with E-state index in [2.05, 4.69) is 11.8 Å². The molecular formula is C21H31NO5. The Kier molecular flexibility index (Phi) is 6.47. The Bertz CT molecular complexity index is 637. The van der Waals surface area contributed by atoms with Crippen LogP contribution in [0.15, 0.2) is 12.1 Å². The first-order valence-corrected chi connectivity index (χ1v) is 9.84. The second kappa shape index (κ2) is 8.83. The third-order valence-corrected chi connectivity index (χ3v) is 6.02. The number of hydrogen-bond acceptors (Lipinski definition) is 6. The van der Waals surface area contributed by atoms with Gasteiger partial charge in [-0.1, -0.05) is 6.92 Å². The molecule has 1 saturated heterocycles. The van der Waals surface area contributed by atoms with Gasteiger partial charge in [-0.15, -0.1) is 0 Å². The summed E-state index contributed by atoms with van der Waals surface area (Å²) in [7, 11) is 4.63. The number of nitrogens with zero attached hydrogens (tertiary/aromatic N) is 1. The van der Waals surface area contributed by atoms with Gasteiger partial charge in [-0.2, -0.15) is 0 Å². The lowest BCUT2D eigenvalue weighted by Crippen LogP contribution is -2.47. The Hall–Kier alpha value is -1.95. The highest BCUT2D eigenvalue weighted by atomic mass is 16.5. The maximum absolute atomic E-state index is 12.9. The van der Waals surface area contributed by atoms with Crippen molar-refractivity contribution in [2.24, 2.45) is 11.8 Å². The molecule has 150 valence electrons. The highest BCUT2D eigenvalue weighted by Crippen LogP contribution is 2.40. The lowest BCUT2D eigenvalue weighted by atomic mass is 9.73. The Morgan fingerprint density at radius 3 is 2.37 bits per heavy atom. The number of carbonyl (C=O) groups is 1. The monoisotopic (exact) mass is 377 g/mol. The molecule has 3 rings (SSSR count). The van der Waals surface area contributed by atoms with Crippen LogP contribution in [0.25, 0.3) is 0 Å². The number of methoxy groups -OCH3 is 3. The summed E-state index contributed by atoms with van der Waals surface area (Å²) in [6.45, 7) is 5.53. The molecule has 27 heavy (non-hydrogen) atoms. The van der Waals surface area contributed by atoms with Gasteiger partial charge in [0.15, 0.2) is 11.5 Å². The van der Waals surface area contributed by atoms with Crippen molar-refractivity contribution in [3.63, 3.8) is 0 Å².